The maximum absolute atomic E-state index is 12.6. The number of pyridine rings is 1. The van der Waals surface area contributed by atoms with Crippen LogP contribution >= 0.6 is 0 Å². The van der Waals surface area contributed by atoms with E-state index in [1.165, 1.54) is 7.11 Å². The van der Waals surface area contributed by atoms with Crippen LogP contribution in [0.25, 0.3) is 11.3 Å². The van der Waals surface area contributed by atoms with Gasteiger partial charge < -0.3 is 10.1 Å². The molecule has 0 saturated heterocycles. The lowest BCUT2D eigenvalue weighted by Crippen LogP contribution is -2.15. The molecule has 1 amide bonds. The van der Waals surface area contributed by atoms with E-state index in [2.05, 4.69) is 20.3 Å². The lowest BCUT2D eigenvalue weighted by atomic mass is 10.1. The van der Waals surface area contributed by atoms with E-state index < -0.39 is 0 Å². The van der Waals surface area contributed by atoms with Crippen molar-refractivity contribution in [3.8, 4) is 17.3 Å². The summed E-state index contributed by atoms with van der Waals surface area (Å²) >= 11 is 0. The highest BCUT2D eigenvalue weighted by molar-refractivity contribution is 6.04. The fourth-order valence-electron chi connectivity index (χ4n) is 2.30. The maximum atomic E-state index is 12.6. The number of aromatic nitrogens is 3. The zero-order valence-electron chi connectivity index (χ0n) is 14.3. The topological polar surface area (TPSA) is 77.0 Å². The first-order valence-corrected chi connectivity index (χ1v) is 7.79. The van der Waals surface area contributed by atoms with Crippen molar-refractivity contribution in [1.82, 2.24) is 15.0 Å². The molecule has 0 aliphatic heterocycles. The summed E-state index contributed by atoms with van der Waals surface area (Å²) < 4.78 is 4.95. The molecule has 0 aliphatic carbocycles. The van der Waals surface area contributed by atoms with E-state index in [1.54, 1.807) is 12.4 Å². The Balaban J connectivity index is 1.87. The van der Waals surface area contributed by atoms with Gasteiger partial charge in [-0.3, -0.25) is 4.79 Å². The summed E-state index contributed by atoms with van der Waals surface area (Å²) in [7, 11) is 1.51. The number of ether oxygens (including phenoxy) is 1. The van der Waals surface area contributed by atoms with E-state index in [4.69, 9.17) is 4.74 Å². The van der Waals surface area contributed by atoms with Crippen molar-refractivity contribution in [2.45, 2.75) is 13.8 Å². The summed E-state index contributed by atoms with van der Waals surface area (Å²) in [6, 6.07) is 11.6. The molecule has 0 atom stereocenters. The van der Waals surface area contributed by atoms with Gasteiger partial charge in [-0.2, -0.15) is 0 Å². The van der Waals surface area contributed by atoms with E-state index in [1.807, 2.05) is 50.2 Å². The largest absolute Gasteiger partial charge is 0.467 e. The van der Waals surface area contributed by atoms with E-state index in [0.717, 1.165) is 16.8 Å². The molecule has 6 heteroatoms. The van der Waals surface area contributed by atoms with Gasteiger partial charge in [0.15, 0.2) is 0 Å². The lowest BCUT2D eigenvalue weighted by molar-refractivity contribution is 0.102. The van der Waals surface area contributed by atoms with E-state index in [-0.39, 0.29) is 11.9 Å². The van der Waals surface area contributed by atoms with Crippen molar-refractivity contribution in [3.05, 3.63) is 65.6 Å². The van der Waals surface area contributed by atoms with Gasteiger partial charge in [0.1, 0.15) is 5.69 Å². The Hall–Kier alpha value is -3.28. The minimum Gasteiger partial charge on any atom is -0.467 e. The fraction of sp³-hybridized carbons (Fsp3) is 0.158. The molecule has 0 spiro atoms. The van der Waals surface area contributed by atoms with Gasteiger partial charge in [0.2, 0.25) is 0 Å². The van der Waals surface area contributed by atoms with Crippen molar-refractivity contribution in [2.24, 2.45) is 0 Å². The summed E-state index contributed by atoms with van der Waals surface area (Å²) in [4.78, 5) is 25.2. The number of aryl methyl sites for hydroxylation is 2. The van der Waals surface area contributed by atoms with Crippen LogP contribution in [-0.2, 0) is 0 Å². The van der Waals surface area contributed by atoms with Gasteiger partial charge in [0, 0.05) is 23.6 Å². The number of amides is 1. The molecule has 0 radical (unpaired) electrons. The number of carbonyl (C=O) groups is 1. The van der Waals surface area contributed by atoms with Crippen molar-refractivity contribution in [1.29, 1.82) is 0 Å². The van der Waals surface area contributed by atoms with Crippen LogP contribution in [0, 0.1) is 13.8 Å². The number of nitrogens with one attached hydrogen (secondary N) is 1. The van der Waals surface area contributed by atoms with Crippen LogP contribution in [0.15, 0.2) is 48.8 Å². The average molecular weight is 334 g/mol. The Morgan fingerprint density at radius 2 is 1.68 bits per heavy atom. The maximum Gasteiger partial charge on any atom is 0.316 e. The molecule has 0 aliphatic rings. The van der Waals surface area contributed by atoms with Crippen LogP contribution in [0.3, 0.4) is 0 Å². The number of anilines is 1. The standard InChI is InChI=1S/C19H18N4O2/c1-12-4-7-15(8-5-12)22-18(24)17-13(2)6-9-16(23-17)14-10-20-19(25-3)21-11-14/h4-11H,1-3H3,(H,22,24). The minimum absolute atomic E-state index is 0.252. The molecule has 3 rings (SSSR count). The smallest absolute Gasteiger partial charge is 0.316 e. The Labute approximate surface area is 145 Å². The number of hydrogen-bond acceptors (Lipinski definition) is 5. The van der Waals surface area contributed by atoms with Gasteiger partial charge in [0.05, 0.1) is 12.8 Å². The molecule has 6 nitrogen and oxygen atoms in total. The third-order valence-corrected chi connectivity index (χ3v) is 3.73. The molecular weight excluding hydrogens is 316 g/mol. The molecule has 2 heterocycles. The monoisotopic (exact) mass is 334 g/mol. The highest BCUT2D eigenvalue weighted by Gasteiger charge is 2.13. The van der Waals surface area contributed by atoms with Crippen LogP contribution in [0.2, 0.25) is 0 Å². The van der Waals surface area contributed by atoms with Crippen LogP contribution in [0.5, 0.6) is 6.01 Å². The highest BCUT2D eigenvalue weighted by atomic mass is 16.5. The first kappa shape index (κ1) is 16.6. The molecule has 1 N–H and O–H groups in total. The Morgan fingerprint density at radius 3 is 2.32 bits per heavy atom. The van der Waals surface area contributed by atoms with Crippen LogP contribution in [0.1, 0.15) is 21.6 Å². The molecule has 0 bridgehead atoms. The fourth-order valence-corrected chi connectivity index (χ4v) is 2.30. The first-order chi connectivity index (χ1) is 12.1. The first-order valence-electron chi connectivity index (χ1n) is 7.79. The van der Waals surface area contributed by atoms with Gasteiger partial charge >= 0.3 is 6.01 Å². The SMILES string of the molecule is COc1ncc(-c2ccc(C)c(C(=O)Nc3ccc(C)cc3)n2)cn1. The number of nitrogens with zero attached hydrogens (tertiary/aromatic N) is 3. The molecule has 126 valence electrons. The Bertz CT molecular complexity index is 890. The Morgan fingerprint density at radius 1 is 1.00 bits per heavy atom. The van der Waals surface area contributed by atoms with Crippen LogP contribution < -0.4 is 10.1 Å². The van der Waals surface area contributed by atoms with E-state index in [0.29, 0.717) is 17.0 Å². The van der Waals surface area contributed by atoms with Crippen LogP contribution in [0.4, 0.5) is 5.69 Å². The number of hydrogen-bond donors (Lipinski definition) is 1. The summed E-state index contributed by atoms with van der Waals surface area (Å²) in [6.45, 7) is 3.85. The number of methoxy groups -OCH3 is 1. The Kier molecular flexibility index (Phi) is 4.70. The number of carbonyl (C=O) groups excluding carboxylic acids is 1. The molecule has 0 unspecified atom stereocenters. The molecular formula is C19H18N4O2. The van der Waals surface area contributed by atoms with Crippen molar-refractivity contribution in [3.63, 3.8) is 0 Å². The molecule has 3 aromatic rings. The summed E-state index contributed by atoms with van der Waals surface area (Å²) in [5.41, 5.74) is 4.37. The summed E-state index contributed by atoms with van der Waals surface area (Å²) in [5, 5.41) is 2.87. The van der Waals surface area contributed by atoms with Crippen molar-refractivity contribution in [2.75, 3.05) is 12.4 Å². The van der Waals surface area contributed by atoms with Crippen LogP contribution in [-0.4, -0.2) is 28.0 Å². The van der Waals surface area contributed by atoms with Gasteiger partial charge in [-0.25, -0.2) is 15.0 Å². The zero-order chi connectivity index (χ0) is 17.8. The van der Waals surface area contributed by atoms with Gasteiger partial charge in [-0.1, -0.05) is 23.8 Å². The number of benzene rings is 1. The molecule has 25 heavy (non-hydrogen) atoms. The number of rotatable bonds is 4. The zero-order valence-corrected chi connectivity index (χ0v) is 14.3. The molecule has 0 saturated carbocycles. The highest BCUT2D eigenvalue weighted by Crippen LogP contribution is 2.19. The third kappa shape index (κ3) is 3.80. The molecule has 0 fully saturated rings. The van der Waals surface area contributed by atoms with Crippen molar-refractivity contribution >= 4 is 11.6 Å². The van der Waals surface area contributed by atoms with Gasteiger partial charge in [0.25, 0.3) is 5.91 Å². The predicted octanol–water partition coefficient (Wildman–Crippen LogP) is 3.42. The van der Waals surface area contributed by atoms with E-state index >= 15 is 0 Å². The quantitative estimate of drug-likeness (QED) is 0.791. The summed E-state index contributed by atoms with van der Waals surface area (Å²) in [6.07, 6.45) is 3.23. The molecule has 2 aromatic heterocycles. The second-order valence-electron chi connectivity index (χ2n) is 5.64. The average Bonchev–Trinajstić information content (AvgIpc) is 2.64. The van der Waals surface area contributed by atoms with E-state index in [9.17, 15) is 4.79 Å². The summed E-state index contributed by atoms with van der Waals surface area (Å²) in [5.74, 6) is -0.252. The third-order valence-electron chi connectivity index (χ3n) is 3.73. The normalized spacial score (nSPS) is 10.4. The molecule has 1 aromatic carbocycles. The van der Waals surface area contributed by atoms with Crippen molar-refractivity contribution < 1.29 is 9.53 Å². The van der Waals surface area contributed by atoms with Gasteiger partial charge in [-0.05, 0) is 37.6 Å². The predicted molar refractivity (Wildman–Crippen MR) is 95.7 cm³/mol. The van der Waals surface area contributed by atoms with Gasteiger partial charge in [-0.15, -0.1) is 0 Å². The minimum atomic E-state index is -0.252. The second kappa shape index (κ2) is 7.09. The lowest BCUT2D eigenvalue weighted by Gasteiger charge is -2.09. The second-order valence-corrected chi connectivity index (χ2v) is 5.64.